The molecule has 0 aliphatic heterocycles. The van der Waals surface area contributed by atoms with Crippen molar-refractivity contribution in [3.8, 4) is 0 Å². The monoisotopic (exact) mass is 326 g/mol. The molecule has 0 bridgehead atoms. The van der Waals surface area contributed by atoms with Gasteiger partial charge in [-0.05, 0) is 18.2 Å². The second kappa shape index (κ2) is 5.48. The number of carbonyl (C=O) groups is 1. The van der Waals surface area contributed by atoms with Crippen molar-refractivity contribution in [2.45, 2.75) is 4.90 Å². The van der Waals surface area contributed by atoms with Crippen molar-refractivity contribution >= 4 is 37.2 Å². The quantitative estimate of drug-likeness (QED) is 0.860. The van der Waals surface area contributed by atoms with Crippen LogP contribution in [0, 0.1) is 0 Å². The van der Waals surface area contributed by atoms with Crippen molar-refractivity contribution in [1.29, 1.82) is 0 Å². The molecule has 0 aromatic heterocycles. The molecule has 0 fully saturated rings. The average molecular weight is 327 g/mol. The molecule has 0 aliphatic carbocycles. The van der Waals surface area contributed by atoms with Crippen LogP contribution in [0.2, 0.25) is 5.02 Å². The summed E-state index contributed by atoms with van der Waals surface area (Å²) >= 11 is 5.71. The van der Waals surface area contributed by atoms with Crippen molar-refractivity contribution in [3.63, 3.8) is 0 Å². The summed E-state index contributed by atoms with van der Waals surface area (Å²) < 4.78 is 45.8. The van der Waals surface area contributed by atoms with Crippen molar-refractivity contribution < 1.29 is 26.7 Å². The Labute approximate surface area is 115 Å². The molecule has 1 aromatic carbocycles. The summed E-state index contributed by atoms with van der Waals surface area (Å²) in [4.78, 5) is 10.4. The first-order valence-electron chi connectivity index (χ1n) is 4.96. The third kappa shape index (κ3) is 4.48. The molecule has 0 heterocycles. The Balaban J connectivity index is 3.21. The van der Waals surface area contributed by atoms with Gasteiger partial charge in [-0.25, -0.2) is 21.6 Å². The van der Waals surface area contributed by atoms with Gasteiger partial charge < -0.3 is 5.11 Å². The number of sulfone groups is 2. The minimum atomic E-state index is -3.95. The van der Waals surface area contributed by atoms with Gasteiger partial charge in [0, 0.05) is 6.26 Å². The van der Waals surface area contributed by atoms with E-state index in [9.17, 15) is 21.6 Å². The predicted molar refractivity (Wildman–Crippen MR) is 70.2 cm³/mol. The second-order valence-electron chi connectivity index (χ2n) is 3.90. The van der Waals surface area contributed by atoms with Crippen LogP contribution in [0.4, 0.5) is 0 Å². The third-order valence-electron chi connectivity index (χ3n) is 2.24. The molecule has 0 saturated heterocycles. The fourth-order valence-electron chi connectivity index (χ4n) is 1.25. The Bertz CT molecular complexity index is 706. The van der Waals surface area contributed by atoms with Crippen LogP contribution in [0.5, 0.6) is 0 Å². The molecule has 0 saturated carbocycles. The van der Waals surface area contributed by atoms with E-state index in [-0.39, 0.29) is 15.5 Å². The molecular weight excluding hydrogens is 316 g/mol. The number of benzene rings is 1. The zero-order chi connectivity index (χ0) is 14.8. The molecule has 0 radical (unpaired) electrons. The molecule has 0 amide bonds. The predicted octanol–water partition coefficient (Wildman–Crippen LogP) is 0.857. The van der Waals surface area contributed by atoms with E-state index in [1.165, 1.54) is 6.07 Å². The maximum atomic E-state index is 11.9. The summed E-state index contributed by atoms with van der Waals surface area (Å²) in [6.07, 6.45) is 0.914. The highest BCUT2D eigenvalue weighted by Crippen LogP contribution is 2.24. The van der Waals surface area contributed by atoms with E-state index in [2.05, 4.69) is 0 Å². The molecule has 1 rings (SSSR count). The lowest BCUT2D eigenvalue weighted by Gasteiger charge is -2.07. The lowest BCUT2D eigenvalue weighted by atomic mass is 10.2. The van der Waals surface area contributed by atoms with Gasteiger partial charge in [-0.3, -0.25) is 0 Å². The summed E-state index contributed by atoms with van der Waals surface area (Å²) in [5.41, 5.74) is -0.234. The van der Waals surface area contributed by atoms with Gasteiger partial charge in [0.2, 0.25) is 0 Å². The van der Waals surface area contributed by atoms with Gasteiger partial charge in [-0.2, -0.15) is 0 Å². The Morgan fingerprint density at radius 3 is 2.26 bits per heavy atom. The summed E-state index contributed by atoms with van der Waals surface area (Å²) in [7, 11) is -7.40. The third-order valence-corrected chi connectivity index (χ3v) is 5.63. The fraction of sp³-hybridized carbons (Fsp3) is 0.300. The number of rotatable bonds is 5. The maximum absolute atomic E-state index is 11.9. The minimum Gasteiger partial charge on any atom is -0.478 e. The van der Waals surface area contributed by atoms with Gasteiger partial charge in [0.25, 0.3) is 0 Å². The van der Waals surface area contributed by atoms with E-state index in [1.54, 1.807) is 0 Å². The smallest absolute Gasteiger partial charge is 0.335 e. The number of carboxylic acid groups (broad SMARTS) is 1. The van der Waals surface area contributed by atoms with E-state index in [4.69, 9.17) is 16.7 Å². The number of hydrogen-bond acceptors (Lipinski definition) is 5. The summed E-state index contributed by atoms with van der Waals surface area (Å²) in [5.74, 6) is -2.49. The lowest BCUT2D eigenvalue weighted by Crippen LogP contribution is -2.17. The number of halogens is 1. The van der Waals surface area contributed by atoms with Crippen LogP contribution in [0.15, 0.2) is 23.1 Å². The Hall–Kier alpha value is -1.12. The first-order valence-corrected chi connectivity index (χ1v) is 9.05. The van der Waals surface area contributed by atoms with E-state index in [0.29, 0.717) is 0 Å². The summed E-state index contributed by atoms with van der Waals surface area (Å²) in [5, 5.41) is 8.65. The highest BCUT2D eigenvalue weighted by atomic mass is 35.5. The van der Waals surface area contributed by atoms with Gasteiger partial charge in [-0.1, -0.05) is 11.6 Å². The lowest BCUT2D eigenvalue weighted by molar-refractivity contribution is 0.0696. The zero-order valence-electron chi connectivity index (χ0n) is 9.83. The standard InChI is InChI=1S/C10H11ClO6S2/c1-18(14,15)4-5-19(16,17)9-6-7(10(12)13)2-3-8(9)11/h2-3,6H,4-5H2,1H3,(H,12,13). The highest BCUT2D eigenvalue weighted by Gasteiger charge is 2.21. The number of aromatic carboxylic acids is 1. The van der Waals surface area contributed by atoms with Crippen molar-refractivity contribution in [2.75, 3.05) is 17.8 Å². The Kier molecular flexibility index (Phi) is 4.59. The van der Waals surface area contributed by atoms with Crippen LogP contribution in [-0.2, 0) is 19.7 Å². The van der Waals surface area contributed by atoms with Crippen LogP contribution < -0.4 is 0 Å². The molecule has 0 aliphatic rings. The molecule has 0 atom stereocenters. The van der Waals surface area contributed by atoms with Crippen LogP contribution in [0.1, 0.15) is 10.4 Å². The first-order chi connectivity index (χ1) is 8.53. The Morgan fingerprint density at radius 2 is 1.79 bits per heavy atom. The van der Waals surface area contributed by atoms with E-state index < -0.39 is 37.1 Å². The van der Waals surface area contributed by atoms with Crippen molar-refractivity contribution in [3.05, 3.63) is 28.8 Å². The highest BCUT2D eigenvalue weighted by molar-refractivity contribution is 7.94. The zero-order valence-corrected chi connectivity index (χ0v) is 12.2. The molecule has 9 heteroatoms. The molecule has 106 valence electrons. The average Bonchev–Trinajstić information content (AvgIpc) is 2.25. The molecule has 0 spiro atoms. The molecular formula is C10H11ClO6S2. The molecule has 1 N–H and O–H groups in total. The molecule has 1 aromatic rings. The first kappa shape index (κ1) is 15.9. The summed E-state index contributed by atoms with van der Waals surface area (Å²) in [6, 6.07) is 3.24. The minimum absolute atomic E-state index is 0.140. The van der Waals surface area contributed by atoms with Crippen LogP contribution in [0.25, 0.3) is 0 Å². The van der Waals surface area contributed by atoms with Crippen LogP contribution in [0.3, 0.4) is 0 Å². The van der Waals surface area contributed by atoms with Crippen molar-refractivity contribution in [1.82, 2.24) is 0 Å². The number of hydrogen-bond donors (Lipinski definition) is 1. The maximum Gasteiger partial charge on any atom is 0.335 e. The fourth-order valence-corrected chi connectivity index (χ4v) is 4.70. The topological polar surface area (TPSA) is 106 Å². The van der Waals surface area contributed by atoms with Crippen molar-refractivity contribution in [2.24, 2.45) is 0 Å². The van der Waals surface area contributed by atoms with E-state index in [1.807, 2.05) is 0 Å². The second-order valence-corrected chi connectivity index (χ2v) is 8.64. The van der Waals surface area contributed by atoms with Crippen LogP contribution >= 0.6 is 11.6 Å². The molecule has 19 heavy (non-hydrogen) atoms. The van der Waals surface area contributed by atoms with E-state index >= 15 is 0 Å². The van der Waals surface area contributed by atoms with Gasteiger partial charge in [0.1, 0.15) is 9.84 Å². The largest absolute Gasteiger partial charge is 0.478 e. The van der Waals surface area contributed by atoms with Gasteiger partial charge >= 0.3 is 5.97 Å². The SMILES string of the molecule is CS(=O)(=O)CCS(=O)(=O)c1cc(C(=O)O)ccc1Cl. The van der Waals surface area contributed by atoms with E-state index in [0.717, 1.165) is 18.4 Å². The van der Waals surface area contributed by atoms with Gasteiger partial charge in [0.15, 0.2) is 9.84 Å². The van der Waals surface area contributed by atoms with Gasteiger partial charge in [0.05, 0.1) is 27.0 Å². The van der Waals surface area contributed by atoms with Crippen LogP contribution in [-0.4, -0.2) is 45.7 Å². The molecule has 6 nitrogen and oxygen atoms in total. The number of carboxylic acids is 1. The molecule has 0 unspecified atom stereocenters. The normalized spacial score (nSPS) is 12.3. The van der Waals surface area contributed by atoms with Gasteiger partial charge in [-0.15, -0.1) is 0 Å². The Morgan fingerprint density at radius 1 is 1.21 bits per heavy atom. The summed E-state index contributed by atoms with van der Waals surface area (Å²) in [6.45, 7) is 0.